The summed E-state index contributed by atoms with van der Waals surface area (Å²) in [4.78, 5) is 43.8. The molecule has 1 aromatic carbocycles. The maximum Gasteiger partial charge on any atom is 0.295 e. The number of nitrogens with zero attached hydrogens (tertiary/aromatic N) is 3. The Morgan fingerprint density at radius 1 is 0.900 bits per heavy atom. The van der Waals surface area contributed by atoms with Crippen molar-refractivity contribution >= 4 is 28.5 Å². The molecule has 0 radical (unpaired) electrons. The molecule has 3 heterocycles. The third kappa shape index (κ3) is 4.26. The van der Waals surface area contributed by atoms with E-state index in [0.717, 1.165) is 49.9 Å². The number of ketones is 1. The topological polar surface area (TPSA) is 67.1 Å². The Kier molecular flexibility index (Phi) is 6.18. The van der Waals surface area contributed by atoms with Crippen molar-refractivity contribution in [2.75, 3.05) is 46.3 Å². The second-order valence-corrected chi connectivity index (χ2v) is 8.56. The van der Waals surface area contributed by atoms with Gasteiger partial charge in [-0.3, -0.25) is 14.4 Å². The van der Waals surface area contributed by atoms with E-state index in [9.17, 15) is 14.4 Å². The Bertz CT molecular complexity index is 935. The first-order valence-electron chi connectivity index (χ1n) is 11.0. The van der Waals surface area contributed by atoms with Gasteiger partial charge in [-0.05, 0) is 18.9 Å². The van der Waals surface area contributed by atoms with Crippen LogP contribution in [0.4, 0.5) is 0 Å². The number of likely N-dealkylation sites (N-methyl/N-ethyl adjacent to an activating group) is 1. The van der Waals surface area contributed by atoms with Gasteiger partial charge in [0.15, 0.2) is 0 Å². The predicted molar refractivity (Wildman–Crippen MR) is 115 cm³/mol. The molecule has 0 atom stereocenters. The number of piperazine rings is 1. The fourth-order valence-electron chi connectivity index (χ4n) is 4.47. The van der Waals surface area contributed by atoms with Crippen LogP contribution in [0.2, 0.25) is 0 Å². The highest BCUT2D eigenvalue weighted by molar-refractivity contribution is 6.44. The van der Waals surface area contributed by atoms with Crippen molar-refractivity contribution in [2.45, 2.75) is 32.2 Å². The SMILES string of the molecule is C[NH+]1CCN(C(=O)C(=O)c2cn(CC(=O)N3CCCCCC3)c3ccccc23)CC1. The fourth-order valence-corrected chi connectivity index (χ4v) is 4.47. The number of hydrogen-bond donors (Lipinski definition) is 1. The van der Waals surface area contributed by atoms with Gasteiger partial charge in [-0.1, -0.05) is 31.0 Å². The van der Waals surface area contributed by atoms with Crippen LogP contribution in [0.15, 0.2) is 30.5 Å². The zero-order chi connectivity index (χ0) is 21.1. The average Bonchev–Trinajstić information content (AvgIpc) is 2.93. The number of quaternary nitrogens is 1. The van der Waals surface area contributed by atoms with E-state index in [2.05, 4.69) is 7.05 Å². The quantitative estimate of drug-likeness (QED) is 0.591. The zero-order valence-electron chi connectivity index (χ0n) is 17.7. The molecule has 1 aromatic heterocycles. The number of rotatable bonds is 4. The van der Waals surface area contributed by atoms with Crippen molar-refractivity contribution < 1.29 is 19.3 Å². The lowest BCUT2D eigenvalue weighted by Crippen LogP contribution is -3.12. The number of hydrogen-bond acceptors (Lipinski definition) is 3. The molecular weight excluding hydrogens is 380 g/mol. The van der Waals surface area contributed by atoms with Gasteiger partial charge in [0.2, 0.25) is 5.91 Å². The number of Topliss-reactive ketones (excluding diaryl/α,β-unsaturated/α-hetero) is 1. The summed E-state index contributed by atoms with van der Waals surface area (Å²) in [5.74, 6) is -0.846. The Balaban J connectivity index is 1.56. The molecule has 2 aromatic rings. The highest BCUT2D eigenvalue weighted by Crippen LogP contribution is 2.23. The smallest absolute Gasteiger partial charge is 0.295 e. The molecule has 2 amide bonds. The van der Waals surface area contributed by atoms with Crippen molar-refractivity contribution in [3.8, 4) is 0 Å². The predicted octanol–water partition coefficient (Wildman–Crippen LogP) is 0.584. The summed E-state index contributed by atoms with van der Waals surface area (Å²) in [7, 11) is 2.10. The number of benzene rings is 1. The molecule has 2 saturated heterocycles. The van der Waals surface area contributed by atoms with Crippen molar-refractivity contribution in [1.29, 1.82) is 0 Å². The molecule has 0 saturated carbocycles. The number of carbonyl (C=O) groups excluding carboxylic acids is 3. The fraction of sp³-hybridized carbons (Fsp3) is 0.522. The molecule has 7 nitrogen and oxygen atoms in total. The van der Waals surface area contributed by atoms with E-state index in [4.69, 9.17) is 0 Å². The van der Waals surface area contributed by atoms with Crippen molar-refractivity contribution in [3.63, 3.8) is 0 Å². The van der Waals surface area contributed by atoms with Crippen LogP contribution in [0.25, 0.3) is 10.9 Å². The number of amides is 2. The highest BCUT2D eigenvalue weighted by atomic mass is 16.2. The number of nitrogens with one attached hydrogen (secondary N) is 1. The van der Waals surface area contributed by atoms with Crippen molar-refractivity contribution in [1.82, 2.24) is 14.4 Å². The summed E-state index contributed by atoms with van der Waals surface area (Å²) >= 11 is 0. The van der Waals surface area contributed by atoms with Gasteiger partial charge in [0.05, 0.1) is 38.8 Å². The van der Waals surface area contributed by atoms with Crippen LogP contribution in [0, 0.1) is 0 Å². The summed E-state index contributed by atoms with van der Waals surface area (Å²) in [5.41, 5.74) is 1.21. The summed E-state index contributed by atoms with van der Waals surface area (Å²) in [6, 6.07) is 7.53. The van der Waals surface area contributed by atoms with Gasteiger partial charge in [0.1, 0.15) is 6.54 Å². The number of carbonyl (C=O) groups is 3. The van der Waals surface area contributed by atoms with E-state index < -0.39 is 11.7 Å². The van der Waals surface area contributed by atoms with Crippen LogP contribution in [0.5, 0.6) is 0 Å². The number of aromatic nitrogens is 1. The van der Waals surface area contributed by atoms with E-state index in [0.29, 0.717) is 18.7 Å². The largest absolute Gasteiger partial charge is 0.341 e. The number of fused-ring (bicyclic) bond motifs is 1. The van der Waals surface area contributed by atoms with Crippen molar-refractivity contribution in [3.05, 3.63) is 36.0 Å². The molecule has 0 spiro atoms. The lowest BCUT2D eigenvalue weighted by atomic mass is 10.1. The van der Waals surface area contributed by atoms with Crippen LogP contribution in [0.3, 0.4) is 0 Å². The van der Waals surface area contributed by atoms with E-state index in [-0.39, 0.29) is 12.5 Å². The van der Waals surface area contributed by atoms with Gasteiger partial charge >= 0.3 is 0 Å². The van der Waals surface area contributed by atoms with E-state index in [1.54, 1.807) is 11.1 Å². The molecular formula is C23H31N4O3+. The molecule has 0 aliphatic carbocycles. The summed E-state index contributed by atoms with van der Waals surface area (Å²) in [6.45, 7) is 4.70. The first-order chi connectivity index (χ1) is 14.5. The standard InChI is InChI=1S/C23H30N4O3/c1-24-12-14-26(15-13-24)23(30)22(29)19-16-27(20-9-5-4-8-18(19)20)17-21(28)25-10-6-2-3-7-11-25/h4-5,8-9,16H,2-3,6-7,10-15,17H2,1H3/p+1. The lowest BCUT2D eigenvalue weighted by Gasteiger charge is -2.29. The summed E-state index contributed by atoms with van der Waals surface area (Å²) < 4.78 is 1.83. The molecule has 1 N–H and O–H groups in total. The van der Waals surface area contributed by atoms with E-state index in [1.807, 2.05) is 33.7 Å². The average molecular weight is 412 g/mol. The Labute approximate surface area is 177 Å². The zero-order valence-corrected chi connectivity index (χ0v) is 17.7. The third-order valence-electron chi connectivity index (χ3n) is 6.40. The monoisotopic (exact) mass is 411 g/mol. The Morgan fingerprint density at radius 3 is 2.27 bits per heavy atom. The van der Waals surface area contributed by atoms with Crippen molar-refractivity contribution in [2.24, 2.45) is 0 Å². The van der Waals surface area contributed by atoms with Crippen LogP contribution in [-0.2, 0) is 16.1 Å². The van der Waals surface area contributed by atoms with Gasteiger partial charge in [-0.15, -0.1) is 0 Å². The van der Waals surface area contributed by atoms with Crippen LogP contribution in [-0.4, -0.2) is 78.3 Å². The van der Waals surface area contributed by atoms with Gasteiger partial charge in [-0.25, -0.2) is 0 Å². The molecule has 0 unspecified atom stereocenters. The van der Waals surface area contributed by atoms with Gasteiger partial charge < -0.3 is 19.3 Å². The summed E-state index contributed by atoms with van der Waals surface area (Å²) in [6.07, 6.45) is 6.13. The maximum absolute atomic E-state index is 13.1. The van der Waals surface area contributed by atoms with Gasteiger partial charge in [0, 0.05) is 30.2 Å². The van der Waals surface area contributed by atoms with Crippen LogP contribution < -0.4 is 4.90 Å². The van der Waals surface area contributed by atoms with Gasteiger partial charge in [-0.2, -0.15) is 0 Å². The molecule has 2 fully saturated rings. The minimum atomic E-state index is -0.480. The van der Waals surface area contributed by atoms with Crippen LogP contribution >= 0.6 is 0 Å². The molecule has 0 bridgehead atoms. The molecule has 7 heteroatoms. The highest BCUT2D eigenvalue weighted by Gasteiger charge is 2.29. The molecule has 160 valence electrons. The number of para-hydroxylation sites is 1. The van der Waals surface area contributed by atoms with Gasteiger partial charge in [0.25, 0.3) is 11.7 Å². The minimum Gasteiger partial charge on any atom is -0.341 e. The molecule has 2 aliphatic heterocycles. The molecule has 30 heavy (non-hydrogen) atoms. The third-order valence-corrected chi connectivity index (χ3v) is 6.40. The van der Waals surface area contributed by atoms with E-state index in [1.165, 1.54) is 17.7 Å². The van der Waals surface area contributed by atoms with E-state index >= 15 is 0 Å². The second-order valence-electron chi connectivity index (χ2n) is 8.56. The Hall–Kier alpha value is -2.67. The molecule has 2 aliphatic rings. The summed E-state index contributed by atoms with van der Waals surface area (Å²) in [5, 5.41) is 0.735. The first kappa shape index (κ1) is 20.6. The van der Waals surface area contributed by atoms with Crippen LogP contribution in [0.1, 0.15) is 36.0 Å². The Morgan fingerprint density at radius 2 is 1.57 bits per heavy atom. The molecule has 4 rings (SSSR count). The normalized spacial score (nSPS) is 18.4. The first-order valence-corrected chi connectivity index (χ1v) is 11.0. The minimum absolute atomic E-state index is 0.0741. The lowest BCUT2D eigenvalue weighted by molar-refractivity contribution is -0.883. The maximum atomic E-state index is 13.1. The number of likely N-dealkylation sites (tertiary alicyclic amines) is 1. The second kappa shape index (κ2) is 9.00.